The van der Waals surface area contributed by atoms with E-state index in [1.807, 2.05) is 30.5 Å². The molecule has 0 spiro atoms. The second-order valence-electron chi connectivity index (χ2n) is 5.88. The van der Waals surface area contributed by atoms with E-state index in [9.17, 15) is 0 Å². The van der Waals surface area contributed by atoms with Gasteiger partial charge in [0.15, 0.2) is 0 Å². The molecule has 0 unspecified atom stereocenters. The Bertz CT molecular complexity index is 1010. The number of hydrogen-bond acceptors (Lipinski definition) is 2. The first-order chi connectivity index (χ1) is 11.8. The van der Waals surface area contributed by atoms with Gasteiger partial charge in [-0.2, -0.15) is 0 Å². The van der Waals surface area contributed by atoms with Gasteiger partial charge in [-0.1, -0.05) is 54.1 Å². The van der Waals surface area contributed by atoms with Crippen molar-refractivity contribution in [3.8, 4) is 0 Å². The summed E-state index contributed by atoms with van der Waals surface area (Å²) in [7, 11) is 0. The third kappa shape index (κ3) is 3.06. The maximum atomic E-state index is 6.04. The lowest BCUT2D eigenvalue weighted by molar-refractivity contribution is 1.02. The number of rotatable bonds is 4. The second-order valence-corrected chi connectivity index (χ2v) is 6.31. The third-order valence-electron chi connectivity index (χ3n) is 4.25. The number of pyridine rings is 1. The lowest BCUT2D eigenvalue weighted by Crippen LogP contribution is -2.05. The van der Waals surface area contributed by atoms with Gasteiger partial charge >= 0.3 is 0 Å². The van der Waals surface area contributed by atoms with Crippen LogP contribution in [0.1, 0.15) is 5.56 Å². The van der Waals surface area contributed by atoms with E-state index in [2.05, 4.69) is 52.8 Å². The van der Waals surface area contributed by atoms with Gasteiger partial charge in [-0.05, 0) is 47.0 Å². The van der Waals surface area contributed by atoms with Gasteiger partial charge in [0.05, 0.1) is 5.52 Å². The van der Waals surface area contributed by atoms with Crippen molar-refractivity contribution in [2.24, 2.45) is 0 Å². The quantitative estimate of drug-likeness (QED) is 0.519. The van der Waals surface area contributed by atoms with Gasteiger partial charge in [0, 0.05) is 28.8 Å². The lowest BCUT2D eigenvalue weighted by atomic mass is 10.1. The van der Waals surface area contributed by atoms with Gasteiger partial charge in [0.25, 0.3) is 0 Å². The van der Waals surface area contributed by atoms with Crippen molar-refractivity contribution in [3.63, 3.8) is 0 Å². The maximum Gasteiger partial charge on any atom is 0.0737 e. The summed E-state index contributed by atoms with van der Waals surface area (Å²) in [6, 6.07) is 22.9. The van der Waals surface area contributed by atoms with Gasteiger partial charge in [-0.25, -0.2) is 0 Å². The highest BCUT2D eigenvalue weighted by Gasteiger charge is 2.03. The van der Waals surface area contributed by atoms with Crippen LogP contribution in [0, 0.1) is 0 Å². The third-order valence-corrected chi connectivity index (χ3v) is 4.48. The molecule has 0 aliphatic carbocycles. The molecule has 0 radical (unpaired) electrons. The topological polar surface area (TPSA) is 24.9 Å². The van der Waals surface area contributed by atoms with Crippen molar-refractivity contribution in [1.82, 2.24) is 4.98 Å². The number of fused-ring (bicyclic) bond motifs is 2. The van der Waals surface area contributed by atoms with E-state index >= 15 is 0 Å². The zero-order valence-electron chi connectivity index (χ0n) is 13.2. The van der Waals surface area contributed by atoms with E-state index in [1.54, 1.807) is 0 Å². The van der Waals surface area contributed by atoms with Crippen molar-refractivity contribution >= 4 is 39.0 Å². The minimum absolute atomic E-state index is 0.711. The zero-order valence-corrected chi connectivity index (χ0v) is 13.9. The van der Waals surface area contributed by atoms with Crippen LogP contribution in [-0.4, -0.2) is 11.5 Å². The highest BCUT2D eigenvalue weighted by Crippen LogP contribution is 2.24. The van der Waals surface area contributed by atoms with Crippen LogP contribution < -0.4 is 5.32 Å². The first kappa shape index (κ1) is 15.0. The molecule has 1 heterocycles. The Kier molecular flexibility index (Phi) is 4.06. The van der Waals surface area contributed by atoms with Crippen LogP contribution in [0.4, 0.5) is 5.69 Å². The van der Waals surface area contributed by atoms with Crippen LogP contribution in [0.5, 0.6) is 0 Å². The maximum absolute atomic E-state index is 6.04. The number of nitrogens with one attached hydrogen (secondary N) is 1. The Morgan fingerprint density at radius 1 is 0.875 bits per heavy atom. The lowest BCUT2D eigenvalue weighted by Gasteiger charge is -2.10. The molecule has 0 fully saturated rings. The van der Waals surface area contributed by atoms with Gasteiger partial charge < -0.3 is 5.32 Å². The average Bonchev–Trinajstić information content (AvgIpc) is 2.61. The molecule has 0 bridgehead atoms. The zero-order chi connectivity index (χ0) is 16.4. The smallest absolute Gasteiger partial charge is 0.0737 e. The molecule has 0 aliphatic rings. The summed E-state index contributed by atoms with van der Waals surface area (Å²) in [5.41, 5.74) is 3.35. The van der Waals surface area contributed by atoms with Crippen LogP contribution >= 0.6 is 11.6 Å². The monoisotopic (exact) mass is 332 g/mol. The van der Waals surface area contributed by atoms with Crippen LogP contribution in [-0.2, 0) is 6.42 Å². The molecule has 0 saturated carbocycles. The van der Waals surface area contributed by atoms with E-state index in [1.165, 1.54) is 16.3 Å². The highest BCUT2D eigenvalue weighted by atomic mass is 35.5. The molecule has 24 heavy (non-hydrogen) atoms. The Morgan fingerprint density at radius 3 is 2.67 bits per heavy atom. The fourth-order valence-electron chi connectivity index (χ4n) is 3.01. The first-order valence-electron chi connectivity index (χ1n) is 8.05. The summed E-state index contributed by atoms with van der Waals surface area (Å²) in [4.78, 5) is 4.38. The average molecular weight is 333 g/mol. The number of benzene rings is 3. The molecular formula is C21H17ClN2. The van der Waals surface area contributed by atoms with Crippen LogP contribution in [0.2, 0.25) is 5.02 Å². The largest absolute Gasteiger partial charge is 0.384 e. The molecule has 0 saturated heterocycles. The number of anilines is 1. The van der Waals surface area contributed by atoms with Crippen LogP contribution in [0.15, 0.2) is 72.9 Å². The molecule has 2 nitrogen and oxygen atoms in total. The van der Waals surface area contributed by atoms with Gasteiger partial charge in [-0.3, -0.25) is 4.98 Å². The summed E-state index contributed by atoms with van der Waals surface area (Å²) >= 11 is 6.04. The summed E-state index contributed by atoms with van der Waals surface area (Å²) in [6.45, 7) is 0.875. The Morgan fingerprint density at radius 2 is 1.75 bits per heavy atom. The number of aromatic nitrogens is 1. The minimum Gasteiger partial charge on any atom is -0.384 e. The van der Waals surface area contributed by atoms with Crippen molar-refractivity contribution in [2.75, 3.05) is 11.9 Å². The van der Waals surface area contributed by atoms with Gasteiger partial charge in [-0.15, -0.1) is 0 Å². The fraction of sp³-hybridized carbons (Fsp3) is 0.0952. The standard InChI is InChI=1S/C21H17ClN2/c22-18-7-8-19-20(10-12-24-21(19)14-18)23-11-9-15-5-6-16-3-1-2-4-17(16)13-15/h1-8,10,12-14H,9,11H2,(H,23,24). The van der Waals surface area contributed by atoms with Crippen molar-refractivity contribution < 1.29 is 0 Å². The Balaban J connectivity index is 1.50. The van der Waals surface area contributed by atoms with E-state index in [4.69, 9.17) is 11.6 Å². The minimum atomic E-state index is 0.711. The number of nitrogens with zero attached hydrogens (tertiary/aromatic N) is 1. The Hall–Kier alpha value is -2.58. The summed E-state index contributed by atoms with van der Waals surface area (Å²) in [5.74, 6) is 0. The highest BCUT2D eigenvalue weighted by molar-refractivity contribution is 6.31. The second kappa shape index (κ2) is 6.50. The first-order valence-corrected chi connectivity index (χ1v) is 8.43. The van der Waals surface area contributed by atoms with E-state index in [-0.39, 0.29) is 0 Å². The normalized spacial score (nSPS) is 11.0. The molecule has 4 aromatic rings. The van der Waals surface area contributed by atoms with E-state index < -0.39 is 0 Å². The van der Waals surface area contributed by atoms with Crippen LogP contribution in [0.3, 0.4) is 0 Å². The van der Waals surface area contributed by atoms with E-state index in [0.29, 0.717) is 5.02 Å². The number of halogens is 1. The molecular weight excluding hydrogens is 316 g/mol. The summed E-state index contributed by atoms with van der Waals surface area (Å²) in [6.07, 6.45) is 2.79. The van der Waals surface area contributed by atoms with Crippen LogP contribution in [0.25, 0.3) is 21.7 Å². The van der Waals surface area contributed by atoms with Crippen molar-refractivity contribution in [2.45, 2.75) is 6.42 Å². The van der Waals surface area contributed by atoms with Gasteiger partial charge in [0.2, 0.25) is 0 Å². The molecule has 4 rings (SSSR count). The van der Waals surface area contributed by atoms with Gasteiger partial charge in [0.1, 0.15) is 0 Å². The van der Waals surface area contributed by atoms with E-state index in [0.717, 1.165) is 29.6 Å². The summed E-state index contributed by atoms with van der Waals surface area (Å²) in [5, 5.41) is 7.90. The molecule has 118 valence electrons. The molecule has 0 aliphatic heterocycles. The predicted octanol–water partition coefficient (Wildman–Crippen LogP) is 5.70. The predicted molar refractivity (Wildman–Crippen MR) is 103 cm³/mol. The molecule has 0 atom stereocenters. The molecule has 3 heteroatoms. The number of hydrogen-bond donors (Lipinski definition) is 1. The molecule has 1 N–H and O–H groups in total. The van der Waals surface area contributed by atoms with Crippen molar-refractivity contribution in [3.05, 3.63) is 83.5 Å². The molecule has 0 amide bonds. The Labute approximate surface area is 146 Å². The summed E-state index contributed by atoms with van der Waals surface area (Å²) < 4.78 is 0. The van der Waals surface area contributed by atoms with Crippen molar-refractivity contribution in [1.29, 1.82) is 0 Å². The SMILES string of the molecule is Clc1ccc2c(NCCc3ccc4ccccc4c3)ccnc2c1. The molecule has 3 aromatic carbocycles. The fourth-order valence-corrected chi connectivity index (χ4v) is 3.18. The molecule has 1 aromatic heterocycles.